The van der Waals surface area contributed by atoms with E-state index in [1.165, 1.54) is 6.07 Å². The number of hydrogen-bond acceptors (Lipinski definition) is 2. The Morgan fingerprint density at radius 1 is 1.12 bits per heavy atom. The van der Waals surface area contributed by atoms with Crippen LogP contribution in [0.2, 0.25) is 0 Å². The van der Waals surface area contributed by atoms with Gasteiger partial charge in [-0.05, 0) is 31.2 Å². The third kappa shape index (κ3) is 2.63. The summed E-state index contributed by atoms with van der Waals surface area (Å²) >= 11 is 0. The minimum atomic E-state index is -0.461. The molecule has 0 saturated carbocycles. The maximum absolute atomic E-state index is 13.4. The summed E-state index contributed by atoms with van der Waals surface area (Å²) in [6, 6.07) is 11.9. The minimum Gasteiger partial charge on any atom is -0.457 e. The molecule has 0 atom stereocenters. The first-order chi connectivity index (χ1) is 8.20. The van der Waals surface area contributed by atoms with Crippen LogP contribution < -0.4 is 4.74 Å². The zero-order chi connectivity index (χ0) is 12.3. The van der Waals surface area contributed by atoms with E-state index < -0.39 is 5.82 Å². The summed E-state index contributed by atoms with van der Waals surface area (Å²) < 4.78 is 18.9. The molecule has 2 nitrogen and oxygen atoms in total. The average Bonchev–Trinajstić information content (AvgIpc) is 2.32. The van der Waals surface area contributed by atoms with Crippen molar-refractivity contribution in [3.63, 3.8) is 0 Å². The lowest BCUT2D eigenvalue weighted by atomic mass is 10.2. The lowest BCUT2D eigenvalue weighted by Gasteiger charge is -2.10. The molecule has 0 heterocycles. The second kappa shape index (κ2) is 4.97. The zero-order valence-electron chi connectivity index (χ0n) is 9.48. The van der Waals surface area contributed by atoms with Crippen molar-refractivity contribution in [1.82, 2.24) is 0 Å². The SMILES string of the molecule is Cc1ccc(Oc2cccc(F)c2CO)cc1. The average molecular weight is 232 g/mol. The van der Waals surface area contributed by atoms with Crippen LogP contribution in [-0.2, 0) is 6.61 Å². The van der Waals surface area contributed by atoms with E-state index >= 15 is 0 Å². The summed E-state index contributed by atoms with van der Waals surface area (Å²) in [5, 5.41) is 9.10. The highest BCUT2D eigenvalue weighted by atomic mass is 19.1. The number of halogens is 1. The standard InChI is InChI=1S/C14H13FO2/c1-10-5-7-11(8-6-10)17-14-4-2-3-13(15)12(14)9-16/h2-8,16H,9H2,1H3. The van der Waals surface area contributed by atoms with Gasteiger partial charge in [-0.15, -0.1) is 0 Å². The lowest BCUT2D eigenvalue weighted by molar-refractivity contribution is 0.270. The number of aliphatic hydroxyl groups excluding tert-OH is 1. The largest absolute Gasteiger partial charge is 0.457 e. The van der Waals surface area contributed by atoms with Crippen molar-refractivity contribution in [3.05, 3.63) is 59.4 Å². The Hall–Kier alpha value is -1.87. The van der Waals surface area contributed by atoms with E-state index in [0.717, 1.165) is 5.56 Å². The Balaban J connectivity index is 2.29. The molecular weight excluding hydrogens is 219 g/mol. The van der Waals surface area contributed by atoms with E-state index in [-0.39, 0.29) is 12.2 Å². The fourth-order valence-electron chi connectivity index (χ4n) is 1.52. The van der Waals surface area contributed by atoms with Gasteiger partial charge in [-0.1, -0.05) is 23.8 Å². The monoisotopic (exact) mass is 232 g/mol. The van der Waals surface area contributed by atoms with Gasteiger partial charge in [0.2, 0.25) is 0 Å². The summed E-state index contributed by atoms with van der Waals surface area (Å²) in [5.74, 6) is 0.504. The molecule has 0 radical (unpaired) electrons. The smallest absolute Gasteiger partial charge is 0.135 e. The van der Waals surface area contributed by atoms with Crippen molar-refractivity contribution in [2.75, 3.05) is 0 Å². The molecule has 0 aromatic heterocycles. The van der Waals surface area contributed by atoms with Crippen molar-refractivity contribution in [2.45, 2.75) is 13.5 Å². The number of benzene rings is 2. The molecule has 0 spiro atoms. The molecule has 0 fully saturated rings. The highest BCUT2D eigenvalue weighted by Crippen LogP contribution is 2.27. The number of rotatable bonds is 3. The molecule has 1 N–H and O–H groups in total. The van der Waals surface area contributed by atoms with Crippen LogP contribution in [0.15, 0.2) is 42.5 Å². The summed E-state index contributed by atoms with van der Waals surface area (Å²) in [6.07, 6.45) is 0. The molecule has 0 bridgehead atoms. The van der Waals surface area contributed by atoms with Crippen molar-refractivity contribution in [1.29, 1.82) is 0 Å². The van der Waals surface area contributed by atoms with Crippen molar-refractivity contribution < 1.29 is 14.2 Å². The van der Waals surface area contributed by atoms with Gasteiger partial charge in [0.1, 0.15) is 17.3 Å². The molecule has 2 aromatic rings. The lowest BCUT2D eigenvalue weighted by Crippen LogP contribution is -1.95. The van der Waals surface area contributed by atoms with Crippen LogP contribution in [0.25, 0.3) is 0 Å². The predicted octanol–water partition coefficient (Wildman–Crippen LogP) is 3.42. The molecule has 0 unspecified atom stereocenters. The fraction of sp³-hybridized carbons (Fsp3) is 0.143. The number of ether oxygens (including phenoxy) is 1. The molecule has 0 saturated heterocycles. The Kier molecular flexibility index (Phi) is 3.40. The highest BCUT2D eigenvalue weighted by Gasteiger charge is 2.09. The normalized spacial score (nSPS) is 10.3. The first-order valence-corrected chi connectivity index (χ1v) is 5.33. The van der Waals surface area contributed by atoms with Crippen LogP contribution in [0.3, 0.4) is 0 Å². The van der Waals surface area contributed by atoms with Gasteiger partial charge in [-0.2, -0.15) is 0 Å². The van der Waals surface area contributed by atoms with E-state index in [9.17, 15) is 4.39 Å². The van der Waals surface area contributed by atoms with Crippen LogP contribution in [0.1, 0.15) is 11.1 Å². The molecular formula is C14H13FO2. The van der Waals surface area contributed by atoms with Gasteiger partial charge in [0, 0.05) is 0 Å². The van der Waals surface area contributed by atoms with Gasteiger partial charge in [-0.3, -0.25) is 0 Å². The quantitative estimate of drug-likeness (QED) is 0.878. The molecule has 17 heavy (non-hydrogen) atoms. The third-order valence-corrected chi connectivity index (χ3v) is 2.48. The van der Waals surface area contributed by atoms with Crippen molar-refractivity contribution in [2.24, 2.45) is 0 Å². The Morgan fingerprint density at radius 3 is 2.47 bits per heavy atom. The number of aryl methyl sites for hydroxylation is 1. The van der Waals surface area contributed by atoms with Gasteiger partial charge in [0.25, 0.3) is 0 Å². The molecule has 2 aromatic carbocycles. The van der Waals surface area contributed by atoms with E-state index in [1.54, 1.807) is 24.3 Å². The van der Waals surface area contributed by atoms with Crippen LogP contribution in [-0.4, -0.2) is 5.11 Å². The second-order valence-electron chi connectivity index (χ2n) is 3.79. The van der Waals surface area contributed by atoms with E-state index in [4.69, 9.17) is 9.84 Å². The Labute approximate surface area is 99.3 Å². The molecule has 88 valence electrons. The zero-order valence-corrected chi connectivity index (χ0v) is 9.48. The van der Waals surface area contributed by atoms with Crippen molar-refractivity contribution >= 4 is 0 Å². The van der Waals surface area contributed by atoms with Crippen LogP contribution in [0.4, 0.5) is 4.39 Å². The Bertz CT molecular complexity index is 506. The number of aliphatic hydroxyl groups is 1. The van der Waals surface area contributed by atoms with Gasteiger partial charge in [-0.25, -0.2) is 4.39 Å². The van der Waals surface area contributed by atoms with Crippen molar-refractivity contribution in [3.8, 4) is 11.5 Å². The maximum atomic E-state index is 13.4. The summed E-state index contributed by atoms with van der Waals surface area (Å²) in [5.41, 5.74) is 1.30. The van der Waals surface area contributed by atoms with E-state index in [2.05, 4.69) is 0 Å². The van der Waals surface area contributed by atoms with Crippen LogP contribution >= 0.6 is 0 Å². The summed E-state index contributed by atoms with van der Waals surface area (Å²) in [4.78, 5) is 0. The molecule has 0 aliphatic heterocycles. The first kappa shape index (κ1) is 11.6. The third-order valence-electron chi connectivity index (χ3n) is 2.48. The number of hydrogen-bond donors (Lipinski definition) is 1. The second-order valence-corrected chi connectivity index (χ2v) is 3.79. The van der Waals surface area contributed by atoms with E-state index in [1.807, 2.05) is 19.1 Å². The molecule has 0 amide bonds. The minimum absolute atomic E-state index is 0.174. The van der Waals surface area contributed by atoms with Gasteiger partial charge in [0.15, 0.2) is 0 Å². The topological polar surface area (TPSA) is 29.5 Å². The first-order valence-electron chi connectivity index (χ1n) is 5.33. The van der Waals surface area contributed by atoms with Crippen LogP contribution in [0.5, 0.6) is 11.5 Å². The van der Waals surface area contributed by atoms with E-state index in [0.29, 0.717) is 11.5 Å². The molecule has 3 heteroatoms. The summed E-state index contributed by atoms with van der Waals surface area (Å²) in [6.45, 7) is 1.60. The predicted molar refractivity (Wildman–Crippen MR) is 63.6 cm³/mol. The van der Waals surface area contributed by atoms with Gasteiger partial charge in [0.05, 0.1) is 12.2 Å². The van der Waals surface area contributed by atoms with Gasteiger partial charge >= 0.3 is 0 Å². The maximum Gasteiger partial charge on any atom is 0.135 e. The molecule has 2 rings (SSSR count). The molecule has 0 aliphatic carbocycles. The molecule has 0 aliphatic rings. The summed E-state index contributed by atoms with van der Waals surface area (Å²) in [7, 11) is 0. The van der Waals surface area contributed by atoms with Crippen LogP contribution in [0, 0.1) is 12.7 Å². The highest BCUT2D eigenvalue weighted by molar-refractivity contribution is 5.38. The van der Waals surface area contributed by atoms with Gasteiger partial charge < -0.3 is 9.84 Å². The Morgan fingerprint density at radius 2 is 1.82 bits per heavy atom. The fourth-order valence-corrected chi connectivity index (χ4v) is 1.52.